The van der Waals surface area contributed by atoms with Crippen molar-refractivity contribution in [3.63, 3.8) is 0 Å². The number of benzene rings is 5. The number of aliphatic hydroxyl groups excluding tert-OH is 1. The standard InChI is InChI=1S/C51H57N2O7/c1-4-35-14-15-36-9-5-8-12-42(36)43(35)28-45-37(16-18-47(56)51(45)59-3)26-39(21-33-19-20-53-31-33)48(57)29-49(58)44(38-22-34(30-52-2)23-40(54)27-38)24-32-13-17-46(55)50(25-32)60-41-10-6-7-11-41/h5,8-9,12-20,22-23,25,27,31,39,41,44,48,52,54-57H,4,6-7,10-11,21,24,26,28-30H2,1-3H3/q-1. The molecule has 5 aromatic carbocycles. The maximum absolute atomic E-state index is 14.8. The topological polar surface area (TPSA) is 143 Å². The number of phenolic OH excluding ortho intramolecular Hbond substituents is 3. The van der Waals surface area contributed by atoms with E-state index >= 15 is 0 Å². The van der Waals surface area contributed by atoms with Crippen LogP contribution in [0.15, 0.2) is 103 Å². The number of aromatic hydroxyl groups is 3. The Hall–Kier alpha value is -5.77. The molecule has 6 aromatic rings. The summed E-state index contributed by atoms with van der Waals surface area (Å²) in [5.74, 6) is -0.348. The van der Waals surface area contributed by atoms with E-state index < -0.39 is 17.9 Å². The van der Waals surface area contributed by atoms with Crippen molar-refractivity contribution in [1.82, 2.24) is 10.3 Å². The van der Waals surface area contributed by atoms with E-state index in [2.05, 4.69) is 41.5 Å². The van der Waals surface area contributed by atoms with Crippen molar-refractivity contribution in [2.24, 2.45) is 5.92 Å². The molecule has 0 saturated heterocycles. The van der Waals surface area contributed by atoms with Gasteiger partial charge in [0.2, 0.25) is 0 Å². The second-order valence-corrected chi connectivity index (χ2v) is 16.3. The molecule has 0 amide bonds. The van der Waals surface area contributed by atoms with Gasteiger partial charge >= 0.3 is 0 Å². The van der Waals surface area contributed by atoms with Gasteiger partial charge in [0.05, 0.1) is 19.3 Å². The number of aliphatic hydroxyl groups is 1. The van der Waals surface area contributed by atoms with Crippen molar-refractivity contribution < 1.29 is 34.7 Å². The van der Waals surface area contributed by atoms with Crippen molar-refractivity contribution in [3.8, 4) is 28.7 Å². The van der Waals surface area contributed by atoms with E-state index in [4.69, 9.17) is 9.47 Å². The molecule has 0 aliphatic heterocycles. The first-order valence-corrected chi connectivity index (χ1v) is 21.2. The van der Waals surface area contributed by atoms with Crippen LogP contribution in [0.5, 0.6) is 28.7 Å². The summed E-state index contributed by atoms with van der Waals surface area (Å²) in [5.41, 5.74) is 7.33. The second kappa shape index (κ2) is 19.5. The zero-order valence-electron chi connectivity index (χ0n) is 34.9. The number of nitrogens with one attached hydrogen (secondary N) is 1. The predicted molar refractivity (Wildman–Crippen MR) is 235 cm³/mol. The summed E-state index contributed by atoms with van der Waals surface area (Å²) in [5, 5.41) is 50.4. The molecule has 1 aliphatic rings. The average Bonchev–Trinajstić information content (AvgIpc) is 3.97. The molecule has 5 N–H and O–H groups in total. The van der Waals surface area contributed by atoms with Crippen LogP contribution >= 0.6 is 0 Å². The van der Waals surface area contributed by atoms with E-state index in [9.17, 15) is 25.2 Å². The molecule has 0 bridgehead atoms. The Kier molecular flexibility index (Phi) is 13.8. The second-order valence-electron chi connectivity index (χ2n) is 16.3. The average molecular weight is 810 g/mol. The van der Waals surface area contributed by atoms with Gasteiger partial charge in [-0.05, 0) is 139 Å². The van der Waals surface area contributed by atoms with E-state index in [1.807, 2.05) is 43.4 Å². The molecular formula is C51H57N2O7-. The molecule has 0 radical (unpaired) electrons. The number of ketones is 1. The number of fused-ring (bicyclic) bond motifs is 1. The fourth-order valence-electron chi connectivity index (χ4n) is 9.08. The summed E-state index contributed by atoms with van der Waals surface area (Å²) in [7, 11) is 3.39. The fourth-order valence-corrected chi connectivity index (χ4v) is 9.08. The molecule has 1 heterocycles. The minimum absolute atomic E-state index is 0.0401. The van der Waals surface area contributed by atoms with Gasteiger partial charge in [-0.1, -0.05) is 73.2 Å². The Morgan fingerprint density at radius 1 is 0.833 bits per heavy atom. The number of nitrogens with zero attached hydrogens (tertiary/aromatic N) is 1. The summed E-state index contributed by atoms with van der Waals surface area (Å²) >= 11 is 0. The Balaban J connectivity index is 1.22. The first kappa shape index (κ1) is 42.4. The molecule has 1 fully saturated rings. The number of aryl methyl sites for hydroxylation is 1. The van der Waals surface area contributed by atoms with Crippen LogP contribution in [0.4, 0.5) is 0 Å². The molecule has 1 saturated carbocycles. The highest BCUT2D eigenvalue weighted by Gasteiger charge is 2.30. The molecule has 9 heteroatoms. The third-order valence-corrected chi connectivity index (χ3v) is 12.2. The van der Waals surface area contributed by atoms with Crippen molar-refractivity contribution in [1.29, 1.82) is 0 Å². The lowest BCUT2D eigenvalue weighted by Crippen LogP contribution is -2.30. The van der Waals surface area contributed by atoms with Gasteiger partial charge in [-0.3, -0.25) is 4.79 Å². The van der Waals surface area contributed by atoms with Crippen molar-refractivity contribution in [3.05, 3.63) is 148 Å². The van der Waals surface area contributed by atoms with Crippen LogP contribution in [0.2, 0.25) is 0 Å². The van der Waals surface area contributed by atoms with Gasteiger partial charge in [0.15, 0.2) is 23.0 Å². The minimum atomic E-state index is -1.05. The number of rotatable bonds is 19. The van der Waals surface area contributed by atoms with Gasteiger partial charge < -0.3 is 40.2 Å². The van der Waals surface area contributed by atoms with Crippen LogP contribution in [-0.2, 0) is 43.4 Å². The van der Waals surface area contributed by atoms with E-state index in [-0.39, 0.29) is 42.0 Å². The summed E-state index contributed by atoms with van der Waals surface area (Å²) in [4.78, 5) is 19.1. The van der Waals surface area contributed by atoms with Crippen molar-refractivity contribution in [2.45, 2.75) is 95.8 Å². The molecule has 3 atom stereocenters. The molecule has 60 heavy (non-hydrogen) atoms. The summed E-state index contributed by atoms with van der Waals surface area (Å²) in [6, 6.07) is 28.6. The number of aromatic nitrogens is 1. The Bertz CT molecular complexity index is 2380. The number of carbonyl (C=O) groups is 1. The van der Waals surface area contributed by atoms with E-state index in [1.165, 1.54) is 5.56 Å². The van der Waals surface area contributed by atoms with Crippen LogP contribution in [0.25, 0.3) is 10.8 Å². The Morgan fingerprint density at radius 3 is 2.37 bits per heavy atom. The minimum Gasteiger partial charge on any atom is -0.670 e. The van der Waals surface area contributed by atoms with E-state index in [1.54, 1.807) is 49.8 Å². The summed E-state index contributed by atoms with van der Waals surface area (Å²) < 4.78 is 12.1. The number of hydrogen-bond acceptors (Lipinski definition) is 8. The molecule has 314 valence electrons. The highest BCUT2D eigenvalue weighted by atomic mass is 16.5. The molecule has 1 aromatic heterocycles. The Morgan fingerprint density at radius 2 is 1.62 bits per heavy atom. The molecule has 7 rings (SSSR count). The maximum Gasteiger partial charge on any atom is 0.164 e. The number of Topliss-reactive ketones (excluding diaryl/α,β-unsaturated/α-hetero) is 1. The van der Waals surface area contributed by atoms with E-state index in [0.717, 1.165) is 76.3 Å². The molecular weight excluding hydrogens is 753 g/mol. The lowest BCUT2D eigenvalue weighted by molar-refractivity contribution is -0.123. The highest BCUT2D eigenvalue weighted by Crippen LogP contribution is 2.39. The van der Waals surface area contributed by atoms with Crippen LogP contribution in [-0.4, -0.2) is 52.6 Å². The SMILES string of the molecule is CCc1ccc2ccccc2c1Cc1c(CC(Cc2cc[n-]c2)C(O)CC(=O)C(Cc2ccc(O)c(OC3CCCC3)c2)c2cc(O)cc(CNC)c2)ccc(O)c1OC. The summed E-state index contributed by atoms with van der Waals surface area (Å²) in [6.07, 6.45) is 8.89. The molecule has 1 aliphatic carbocycles. The van der Waals surface area contributed by atoms with Gasteiger partial charge in [-0.2, -0.15) is 12.4 Å². The van der Waals surface area contributed by atoms with Crippen LogP contribution < -0.4 is 19.8 Å². The number of hydrogen-bond donors (Lipinski definition) is 5. The van der Waals surface area contributed by atoms with Crippen LogP contribution in [0, 0.1) is 5.92 Å². The van der Waals surface area contributed by atoms with Gasteiger partial charge in [-0.15, -0.1) is 0 Å². The third-order valence-electron chi connectivity index (χ3n) is 12.2. The summed E-state index contributed by atoms with van der Waals surface area (Å²) in [6.45, 7) is 2.64. The van der Waals surface area contributed by atoms with Gasteiger partial charge in [0, 0.05) is 30.9 Å². The number of methoxy groups -OCH3 is 1. The monoisotopic (exact) mass is 809 g/mol. The normalized spacial score (nSPS) is 14.6. The number of ether oxygens (including phenoxy) is 2. The molecule has 9 nitrogen and oxygen atoms in total. The van der Waals surface area contributed by atoms with Gasteiger partial charge in [0.25, 0.3) is 0 Å². The first-order valence-electron chi connectivity index (χ1n) is 21.2. The zero-order chi connectivity index (χ0) is 42.2. The van der Waals surface area contributed by atoms with Crippen molar-refractivity contribution >= 4 is 16.6 Å². The van der Waals surface area contributed by atoms with Crippen LogP contribution in [0.1, 0.15) is 89.5 Å². The smallest absolute Gasteiger partial charge is 0.164 e. The third kappa shape index (κ3) is 9.97. The van der Waals surface area contributed by atoms with Crippen molar-refractivity contribution in [2.75, 3.05) is 14.2 Å². The number of carbonyl (C=O) groups excluding carboxylic acids is 1. The van der Waals surface area contributed by atoms with Gasteiger partial charge in [0.1, 0.15) is 11.5 Å². The zero-order valence-corrected chi connectivity index (χ0v) is 34.9. The first-order chi connectivity index (χ1) is 29.1. The largest absolute Gasteiger partial charge is 0.670 e. The molecule has 3 unspecified atom stereocenters. The lowest BCUT2D eigenvalue weighted by atomic mass is 9.80. The predicted octanol–water partition coefficient (Wildman–Crippen LogP) is 8.86. The van der Waals surface area contributed by atoms with Gasteiger partial charge in [-0.25, -0.2) is 0 Å². The Labute approximate surface area is 353 Å². The highest BCUT2D eigenvalue weighted by molar-refractivity contribution is 5.88. The number of phenols is 3. The maximum atomic E-state index is 14.8. The van der Waals surface area contributed by atoms with E-state index in [0.29, 0.717) is 42.9 Å². The lowest BCUT2D eigenvalue weighted by Gasteiger charge is -2.27. The van der Waals surface area contributed by atoms with Crippen LogP contribution in [0.3, 0.4) is 0 Å². The quantitative estimate of drug-likeness (QED) is 0.0543. The fraction of sp³-hybridized carbons (Fsp3) is 0.353. The molecule has 0 spiro atoms.